The summed E-state index contributed by atoms with van der Waals surface area (Å²) in [7, 11) is 0. The summed E-state index contributed by atoms with van der Waals surface area (Å²) in [6, 6.07) is 7.89. The molecule has 9 heteroatoms. The molecule has 2 aromatic heterocycles. The number of halogens is 2. The first-order valence-electron chi connectivity index (χ1n) is 8.76. The zero-order valence-electron chi connectivity index (χ0n) is 14.8. The van der Waals surface area contributed by atoms with Gasteiger partial charge in [-0.25, -0.2) is 23.5 Å². The number of aryl methyl sites for hydroxylation is 1. The molecule has 0 aliphatic carbocycles. The van der Waals surface area contributed by atoms with Gasteiger partial charge in [0.15, 0.2) is 5.69 Å². The van der Waals surface area contributed by atoms with E-state index in [1.165, 1.54) is 4.57 Å². The topological polar surface area (TPSA) is 76.2 Å². The highest BCUT2D eigenvalue weighted by Gasteiger charge is 2.31. The van der Waals surface area contributed by atoms with Crippen molar-refractivity contribution in [3.8, 4) is 0 Å². The van der Waals surface area contributed by atoms with Crippen LogP contribution < -0.4 is 0 Å². The van der Waals surface area contributed by atoms with Gasteiger partial charge in [-0.1, -0.05) is 12.1 Å². The number of nitrogens with zero attached hydrogens (tertiary/aromatic N) is 5. The predicted octanol–water partition coefficient (Wildman–Crippen LogP) is 2.90. The number of rotatable bonds is 5. The second-order valence-corrected chi connectivity index (χ2v) is 6.49. The molecule has 0 amide bonds. The molecular weight excluding hydrogens is 356 g/mol. The zero-order chi connectivity index (χ0) is 19.1. The molecule has 3 aromatic rings. The van der Waals surface area contributed by atoms with Gasteiger partial charge in [0.05, 0.1) is 24.1 Å². The number of carboxylic acids is 1. The maximum Gasteiger partial charge on any atom is 0.354 e. The molecule has 0 saturated heterocycles. The molecule has 1 aromatic carbocycles. The Morgan fingerprint density at radius 3 is 2.74 bits per heavy atom. The van der Waals surface area contributed by atoms with Gasteiger partial charge in [0.25, 0.3) is 6.43 Å². The summed E-state index contributed by atoms with van der Waals surface area (Å²) < 4.78 is 29.9. The van der Waals surface area contributed by atoms with Crippen LogP contribution in [0.1, 0.15) is 41.2 Å². The van der Waals surface area contributed by atoms with Crippen LogP contribution in [0.5, 0.6) is 0 Å². The summed E-state index contributed by atoms with van der Waals surface area (Å²) in [5, 5.41) is 9.29. The van der Waals surface area contributed by atoms with E-state index >= 15 is 0 Å². The van der Waals surface area contributed by atoms with E-state index in [1.807, 2.05) is 24.3 Å². The van der Waals surface area contributed by atoms with Gasteiger partial charge in [-0.2, -0.15) is 0 Å². The molecule has 7 nitrogen and oxygen atoms in total. The molecule has 0 fully saturated rings. The second kappa shape index (κ2) is 6.73. The van der Waals surface area contributed by atoms with Crippen molar-refractivity contribution in [3.63, 3.8) is 0 Å². The van der Waals surface area contributed by atoms with Crippen molar-refractivity contribution in [2.24, 2.45) is 0 Å². The van der Waals surface area contributed by atoms with Gasteiger partial charge in [0.2, 0.25) is 0 Å². The van der Waals surface area contributed by atoms with Crippen molar-refractivity contribution in [3.05, 3.63) is 47.3 Å². The van der Waals surface area contributed by atoms with Crippen molar-refractivity contribution in [2.75, 3.05) is 6.54 Å². The summed E-state index contributed by atoms with van der Waals surface area (Å²) in [6.07, 6.45) is -2.91. The molecular formula is C18H19F2N5O2. The Labute approximate surface area is 153 Å². The van der Waals surface area contributed by atoms with Crippen molar-refractivity contribution in [2.45, 2.75) is 39.5 Å². The van der Waals surface area contributed by atoms with Crippen LogP contribution in [0.2, 0.25) is 0 Å². The van der Waals surface area contributed by atoms with Crippen LogP contribution in [0.4, 0.5) is 8.78 Å². The SMILES string of the molecule is CCn1c(CN2CCn3c(nc(C(F)F)c3C(=O)O)C2)nc2ccccc21. The van der Waals surface area contributed by atoms with E-state index in [2.05, 4.69) is 21.4 Å². The molecule has 0 atom stereocenters. The smallest absolute Gasteiger partial charge is 0.354 e. The maximum atomic E-state index is 13.2. The van der Waals surface area contributed by atoms with E-state index < -0.39 is 23.8 Å². The Hall–Kier alpha value is -2.81. The lowest BCUT2D eigenvalue weighted by Gasteiger charge is -2.27. The number of imidazole rings is 2. The third-order valence-electron chi connectivity index (χ3n) is 4.90. The van der Waals surface area contributed by atoms with Crippen LogP contribution in [-0.2, 0) is 26.2 Å². The quantitative estimate of drug-likeness (QED) is 0.742. The fourth-order valence-electron chi connectivity index (χ4n) is 3.71. The summed E-state index contributed by atoms with van der Waals surface area (Å²) in [5.74, 6) is -0.121. The lowest BCUT2D eigenvalue weighted by atomic mass is 10.3. The first kappa shape index (κ1) is 17.6. The van der Waals surface area contributed by atoms with E-state index in [0.29, 0.717) is 32.0 Å². The number of aromatic nitrogens is 4. The number of benzene rings is 1. The van der Waals surface area contributed by atoms with Crippen LogP contribution in [-0.4, -0.2) is 41.6 Å². The average molecular weight is 375 g/mol. The lowest BCUT2D eigenvalue weighted by molar-refractivity contribution is 0.0666. The van der Waals surface area contributed by atoms with E-state index in [9.17, 15) is 18.7 Å². The van der Waals surface area contributed by atoms with Gasteiger partial charge < -0.3 is 14.2 Å². The van der Waals surface area contributed by atoms with Gasteiger partial charge >= 0.3 is 5.97 Å². The zero-order valence-corrected chi connectivity index (χ0v) is 14.8. The molecule has 142 valence electrons. The predicted molar refractivity (Wildman–Crippen MR) is 93.7 cm³/mol. The maximum absolute atomic E-state index is 13.2. The van der Waals surface area contributed by atoms with Gasteiger partial charge in [-0.3, -0.25) is 4.90 Å². The van der Waals surface area contributed by atoms with Crippen LogP contribution in [0, 0.1) is 0 Å². The van der Waals surface area contributed by atoms with E-state index in [0.717, 1.165) is 23.4 Å². The fourth-order valence-corrected chi connectivity index (χ4v) is 3.71. The molecule has 0 spiro atoms. The van der Waals surface area contributed by atoms with Gasteiger partial charge in [0, 0.05) is 19.6 Å². The highest BCUT2D eigenvalue weighted by atomic mass is 19.3. The Morgan fingerprint density at radius 1 is 1.26 bits per heavy atom. The Bertz CT molecular complexity index is 1010. The minimum absolute atomic E-state index is 0.305. The number of carboxylic acid groups (broad SMARTS) is 1. The fraction of sp³-hybridized carbons (Fsp3) is 0.389. The number of alkyl halides is 2. The average Bonchev–Trinajstić information content (AvgIpc) is 3.19. The van der Waals surface area contributed by atoms with Crippen LogP contribution >= 0.6 is 0 Å². The van der Waals surface area contributed by atoms with Crippen molar-refractivity contribution in [1.82, 2.24) is 24.0 Å². The molecule has 3 heterocycles. The van der Waals surface area contributed by atoms with Crippen LogP contribution in [0.15, 0.2) is 24.3 Å². The molecule has 4 rings (SSSR count). The van der Waals surface area contributed by atoms with Crippen LogP contribution in [0.3, 0.4) is 0 Å². The van der Waals surface area contributed by atoms with Gasteiger partial charge in [0.1, 0.15) is 17.3 Å². The number of hydrogen-bond acceptors (Lipinski definition) is 4. The van der Waals surface area contributed by atoms with Gasteiger partial charge in [-0.05, 0) is 19.1 Å². The Balaban J connectivity index is 1.63. The van der Waals surface area contributed by atoms with Crippen LogP contribution in [0.25, 0.3) is 11.0 Å². The summed E-state index contributed by atoms with van der Waals surface area (Å²) in [6.45, 7) is 4.52. The first-order valence-corrected chi connectivity index (χ1v) is 8.76. The molecule has 0 saturated carbocycles. The minimum Gasteiger partial charge on any atom is -0.477 e. The minimum atomic E-state index is -2.91. The molecule has 1 N–H and O–H groups in total. The molecule has 1 aliphatic rings. The third-order valence-corrected chi connectivity index (χ3v) is 4.90. The number of para-hydroxylation sites is 2. The highest BCUT2D eigenvalue weighted by molar-refractivity contribution is 5.87. The van der Waals surface area contributed by atoms with Crippen molar-refractivity contribution >= 4 is 17.0 Å². The lowest BCUT2D eigenvalue weighted by Crippen LogP contribution is -2.35. The first-order chi connectivity index (χ1) is 13.0. The van der Waals surface area contributed by atoms with E-state index in [-0.39, 0.29) is 0 Å². The normalized spacial score (nSPS) is 14.8. The van der Waals surface area contributed by atoms with Gasteiger partial charge in [-0.15, -0.1) is 0 Å². The van der Waals surface area contributed by atoms with E-state index in [1.54, 1.807) is 0 Å². The standard InChI is InChI=1S/C18H19F2N5O2/c1-2-24-12-6-4-3-5-11(12)21-13(24)9-23-7-8-25-14(10-23)22-15(17(19)20)16(25)18(26)27/h3-6,17H,2,7-10H2,1H3,(H,26,27). The number of aromatic carboxylic acids is 1. The molecule has 27 heavy (non-hydrogen) atoms. The molecule has 0 radical (unpaired) electrons. The Morgan fingerprint density at radius 2 is 2.04 bits per heavy atom. The monoisotopic (exact) mass is 375 g/mol. The highest BCUT2D eigenvalue weighted by Crippen LogP contribution is 2.27. The summed E-state index contributed by atoms with van der Waals surface area (Å²) in [4.78, 5) is 22.1. The summed E-state index contributed by atoms with van der Waals surface area (Å²) >= 11 is 0. The largest absolute Gasteiger partial charge is 0.477 e. The molecule has 0 bridgehead atoms. The third kappa shape index (κ3) is 2.97. The summed E-state index contributed by atoms with van der Waals surface area (Å²) in [5.41, 5.74) is 0.920. The number of fused-ring (bicyclic) bond motifs is 2. The second-order valence-electron chi connectivity index (χ2n) is 6.49. The number of carbonyl (C=O) groups is 1. The van der Waals surface area contributed by atoms with Crippen molar-refractivity contribution in [1.29, 1.82) is 0 Å². The van der Waals surface area contributed by atoms with Crippen molar-refractivity contribution < 1.29 is 18.7 Å². The molecule has 0 unspecified atom stereocenters. The number of hydrogen-bond donors (Lipinski definition) is 1. The Kier molecular flexibility index (Phi) is 4.39. The van der Waals surface area contributed by atoms with E-state index in [4.69, 9.17) is 4.98 Å². The molecule has 1 aliphatic heterocycles.